The fourth-order valence-corrected chi connectivity index (χ4v) is 4.00. The first-order valence-corrected chi connectivity index (χ1v) is 10.5. The Morgan fingerprint density at radius 3 is 2.76 bits per heavy atom. The second-order valence-corrected chi connectivity index (χ2v) is 7.79. The van der Waals surface area contributed by atoms with Crippen LogP contribution in [0.1, 0.15) is 46.0 Å². The highest BCUT2D eigenvalue weighted by Gasteiger charge is 2.35. The fraction of sp³-hybridized carbons (Fsp3) is 0.571. The SMILES string of the molecule is CCCC1N=c2c(n(C(=O)N3CC(OC4=CCCC=C4CC)C3)c(=O)n2C)=CN1. The fourth-order valence-electron chi connectivity index (χ4n) is 4.00. The molecule has 1 aliphatic carbocycles. The molecule has 0 bridgehead atoms. The van der Waals surface area contributed by atoms with Crippen LogP contribution in [0.5, 0.6) is 0 Å². The third-order valence-electron chi connectivity index (χ3n) is 5.71. The second-order valence-electron chi connectivity index (χ2n) is 7.79. The first kappa shape index (κ1) is 19.5. The third-order valence-corrected chi connectivity index (χ3v) is 5.71. The summed E-state index contributed by atoms with van der Waals surface area (Å²) in [6, 6.07) is -0.322. The molecule has 1 unspecified atom stereocenters. The first-order valence-electron chi connectivity index (χ1n) is 10.5. The molecule has 1 saturated heterocycles. The van der Waals surface area contributed by atoms with Crippen molar-refractivity contribution in [2.45, 2.75) is 58.2 Å². The average Bonchev–Trinajstić information content (AvgIpc) is 2.95. The maximum atomic E-state index is 13.0. The van der Waals surface area contributed by atoms with E-state index in [4.69, 9.17) is 4.74 Å². The number of aromatic nitrogens is 2. The van der Waals surface area contributed by atoms with Gasteiger partial charge in [0.15, 0.2) is 5.49 Å². The van der Waals surface area contributed by atoms with Gasteiger partial charge in [0.1, 0.15) is 23.4 Å². The summed E-state index contributed by atoms with van der Waals surface area (Å²) in [5, 5.41) is 3.71. The second kappa shape index (κ2) is 7.93. The number of likely N-dealkylation sites (tertiary alicyclic amines) is 1. The first-order chi connectivity index (χ1) is 14.0. The zero-order chi connectivity index (χ0) is 20.5. The van der Waals surface area contributed by atoms with E-state index in [2.05, 4.69) is 36.3 Å². The van der Waals surface area contributed by atoms with Crippen LogP contribution in [0.2, 0.25) is 0 Å². The molecule has 0 spiro atoms. The molecular weight excluding hydrogens is 370 g/mol. The van der Waals surface area contributed by atoms with Gasteiger partial charge in [-0.25, -0.2) is 19.1 Å². The van der Waals surface area contributed by atoms with Crippen LogP contribution in [0.3, 0.4) is 0 Å². The van der Waals surface area contributed by atoms with Crippen LogP contribution in [0.15, 0.2) is 33.3 Å². The molecule has 1 aromatic rings. The van der Waals surface area contributed by atoms with E-state index in [0.717, 1.165) is 37.9 Å². The summed E-state index contributed by atoms with van der Waals surface area (Å²) in [5.74, 6) is 0.948. The molecule has 156 valence electrons. The van der Waals surface area contributed by atoms with Crippen molar-refractivity contribution in [1.82, 2.24) is 19.4 Å². The molecule has 3 heterocycles. The highest BCUT2D eigenvalue weighted by molar-refractivity contribution is 5.78. The van der Waals surface area contributed by atoms with Gasteiger partial charge in [-0.15, -0.1) is 0 Å². The van der Waals surface area contributed by atoms with Crippen molar-refractivity contribution in [2.75, 3.05) is 13.1 Å². The topological polar surface area (TPSA) is 80.9 Å². The predicted molar refractivity (Wildman–Crippen MR) is 110 cm³/mol. The van der Waals surface area contributed by atoms with Crippen molar-refractivity contribution in [2.24, 2.45) is 12.0 Å². The molecule has 0 aromatic carbocycles. The summed E-state index contributed by atoms with van der Waals surface area (Å²) in [7, 11) is 1.66. The van der Waals surface area contributed by atoms with Crippen LogP contribution >= 0.6 is 0 Å². The summed E-state index contributed by atoms with van der Waals surface area (Å²) in [4.78, 5) is 32.0. The van der Waals surface area contributed by atoms with E-state index in [1.807, 2.05) is 0 Å². The molecule has 8 heteroatoms. The van der Waals surface area contributed by atoms with Gasteiger partial charge in [0, 0.05) is 13.2 Å². The molecule has 1 atom stereocenters. The molecule has 0 radical (unpaired) electrons. The molecule has 1 fully saturated rings. The molecule has 1 N–H and O–H groups in total. The number of hydrogen-bond acceptors (Lipinski definition) is 5. The summed E-state index contributed by atoms with van der Waals surface area (Å²) in [6.45, 7) is 5.17. The van der Waals surface area contributed by atoms with Gasteiger partial charge >= 0.3 is 11.7 Å². The van der Waals surface area contributed by atoms with Crippen molar-refractivity contribution in [1.29, 1.82) is 0 Å². The lowest BCUT2D eigenvalue weighted by molar-refractivity contribution is 0.00252. The predicted octanol–water partition coefficient (Wildman–Crippen LogP) is 0.957. The number of rotatable bonds is 5. The summed E-state index contributed by atoms with van der Waals surface area (Å²) in [6.07, 6.45) is 10.9. The van der Waals surface area contributed by atoms with Crippen LogP contribution in [0.25, 0.3) is 6.20 Å². The number of amides is 1. The van der Waals surface area contributed by atoms with E-state index < -0.39 is 0 Å². The van der Waals surface area contributed by atoms with E-state index in [1.54, 1.807) is 18.1 Å². The van der Waals surface area contributed by atoms with E-state index in [9.17, 15) is 9.59 Å². The maximum Gasteiger partial charge on any atom is 0.338 e. The van der Waals surface area contributed by atoms with Crippen LogP contribution in [-0.2, 0) is 11.8 Å². The monoisotopic (exact) mass is 399 g/mol. The van der Waals surface area contributed by atoms with Gasteiger partial charge in [0.2, 0.25) is 0 Å². The highest BCUT2D eigenvalue weighted by Crippen LogP contribution is 2.26. The maximum absolute atomic E-state index is 13.0. The number of allylic oxidation sites excluding steroid dienone is 3. The lowest BCUT2D eigenvalue weighted by Crippen LogP contribution is -2.59. The van der Waals surface area contributed by atoms with Crippen molar-refractivity contribution >= 4 is 12.2 Å². The zero-order valence-electron chi connectivity index (χ0n) is 17.4. The minimum absolute atomic E-state index is 0.0331. The van der Waals surface area contributed by atoms with Crippen LogP contribution < -0.4 is 21.8 Å². The van der Waals surface area contributed by atoms with Gasteiger partial charge in [0.25, 0.3) is 0 Å². The molecule has 8 nitrogen and oxygen atoms in total. The van der Waals surface area contributed by atoms with Crippen molar-refractivity contribution in [3.05, 3.63) is 44.8 Å². The lowest BCUT2D eigenvalue weighted by atomic mass is 10.0. The number of ether oxygens (including phenoxy) is 1. The average molecular weight is 399 g/mol. The molecule has 3 aliphatic rings. The molecule has 4 rings (SSSR count). The number of fused-ring (bicyclic) bond motifs is 1. The van der Waals surface area contributed by atoms with E-state index in [0.29, 0.717) is 23.9 Å². The molecule has 29 heavy (non-hydrogen) atoms. The molecule has 1 aromatic heterocycles. The number of hydrogen-bond donors (Lipinski definition) is 1. The summed E-state index contributed by atoms with van der Waals surface area (Å²) >= 11 is 0. The Kier molecular flexibility index (Phi) is 5.34. The minimum atomic E-state index is -0.366. The number of carbonyl (C=O) groups is 1. The Bertz CT molecular complexity index is 1040. The molecule has 1 amide bonds. The lowest BCUT2D eigenvalue weighted by Gasteiger charge is -2.39. The number of carbonyl (C=O) groups excluding carboxylic acids is 1. The van der Waals surface area contributed by atoms with Crippen LogP contribution in [0, 0.1) is 0 Å². The van der Waals surface area contributed by atoms with E-state index in [-0.39, 0.29) is 24.0 Å². The normalized spacial score (nSPS) is 21.1. The molecular formula is C21H29N5O3. The summed E-state index contributed by atoms with van der Waals surface area (Å²) in [5.41, 5.74) is 1.42. The molecule has 0 saturated carbocycles. The Hall–Kier alpha value is -2.77. The van der Waals surface area contributed by atoms with Crippen LogP contribution in [-0.4, -0.2) is 45.4 Å². The Balaban J connectivity index is 1.48. The van der Waals surface area contributed by atoms with Crippen molar-refractivity contribution < 1.29 is 9.53 Å². The Morgan fingerprint density at radius 1 is 1.28 bits per heavy atom. The van der Waals surface area contributed by atoms with Crippen LogP contribution in [0.4, 0.5) is 4.79 Å². The van der Waals surface area contributed by atoms with Crippen molar-refractivity contribution in [3.63, 3.8) is 0 Å². The van der Waals surface area contributed by atoms with E-state index in [1.165, 1.54) is 14.7 Å². The van der Waals surface area contributed by atoms with Gasteiger partial charge in [-0.1, -0.05) is 26.3 Å². The minimum Gasteiger partial charge on any atom is -0.487 e. The molecule has 2 aliphatic heterocycles. The van der Waals surface area contributed by atoms with E-state index >= 15 is 0 Å². The van der Waals surface area contributed by atoms with Gasteiger partial charge < -0.3 is 15.0 Å². The van der Waals surface area contributed by atoms with Gasteiger partial charge in [-0.2, -0.15) is 0 Å². The largest absolute Gasteiger partial charge is 0.487 e. The number of imidazole rings is 1. The smallest absolute Gasteiger partial charge is 0.338 e. The van der Waals surface area contributed by atoms with Gasteiger partial charge in [-0.05, 0) is 37.3 Å². The quantitative estimate of drug-likeness (QED) is 0.800. The third kappa shape index (κ3) is 3.52. The van der Waals surface area contributed by atoms with Crippen molar-refractivity contribution in [3.8, 4) is 0 Å². The highest BCUT2D eigenvalue weighted by atomic mass is 16.5. The Morgan fingerprint density at radius 2 is 2.03 bits per heavy atom. The number of nitrogens with one attached hydrogen (secondary N) is 1. The standard InChI is InChI=1S/C21H29N5O3/c1-4-8-18-22-11-16-19(23-18)24(3)20(27)26(16)21(28)25-12-15(13-25)29-17-10-7-6-9-14(17)5-2/h9-11,15,18,22H,4-8,12-13H2,1-3H3. The number of nitrogens with zero attached hydrogens (tertiary/aromatic N) is 4. The summed E-state index contributed by atoms with van der Waals surface area (Å²) < 4.78 is 8.76. The zero-order valence-corrected chi connectivity index (χ0v) is 17.4. The van der Waals surface area contributed by atoms with Gasteiger partial charge in [-0.3, -0.25) is 4.57 Å². The Labute approximate surface area is 169 Å². The van der Waals surface area contributed by atoms with Gasteiger partial charge in [0.05, 0.1) is 13.1 Å².